The smallest absolute Gasteiger partial charge is 0.356 e. The molecule has 1 aromatic heterocycles. The SMILES string of the molecule is O=C(Cc1ccccc1F)Nc1cccc(-n2ccc(C(=O)O)n2)c1. The third-order valence-corrected chi connectivity index (χ3v) is 3.51. The highest BCUT2D eigenvalue weighted by Gasteiger charge is 2.10. The van der Waals surface area contributed by atoms with Crippen molar-refractivity contribution in [2.24, 2.45) is 0 Å². The summed E-state index contributed by atoms with van der Waals surface area (Å²) in [5.74, 6) is -1.90. The van der Waals surface area contributed by atoms with Crippen molar-refractivity contribution in [1.82, 2.24) is 9.78 Å². The van der Waals surface area contributed by atoms with Crippen LogP contribution in [0.25, 0.3) is 5.69 Å². The van der Waals surface area contributed by atoms with E-state index < -0.39 is 11.8 Å². The maximum atomic E-state index is 13.6. The number of hydrogen-bond acceptors (Lipinski definition) is 3. The van der Waals surface area contributed by atoms with Gasteiger partial charge < -0.3 is 10.4 Å². The van der Waals surface area contributed by atoms with E-state index in [4.69, 9.17) is 5.11 Å². The molecule has 0 fully saturated rings. The number of carbonyl (C=O) groups is 2. The molecule has 0 spiro atoms. The molecule has 2 aromatic carbocycles. The Balaban J connectivity index is 1.74. The molecule has 7 heteroatoms. The number of carbonyl (C=O) groups excluding carboxylic acids is 1. The van der Waals surface area contributed by atoms with Crippen LogP contribution in [0.2, 0.25) is 0 Å². The van der Waals surface area contributed by atoms with E-state index in [0.29, 0.717) is 16.9 Å². The highest BCUT2D eigenvalue weighted by atomic mass is 19.1. The van der Waals surface area contributed by atoms with E-state index >= 15 is 0 Å². The van der Waals surface area contributed by atoms with Gasteiger partial charge in [0.2, 0.25) is 5.91 Å². The zero-order valence-corrected chi connectivity index (χ0v) is 13.0. The van der Waals surface area contributed by atoms with Crippen molar-refractivity contribution >= 4 is 17.6 Å². The van der Waals surface area contributed by atoms with Crippen LogP contribution < -0.4 is 5.32 Å². The van der Waals surface area contributed by atoms with Crippen molar-refractivity contribution in [2.75, 3.05) is 5.32 Å². The minimum atomic E-state index is -1.12. The number of amides is 1. The molecule has 0 saturated carbocycles. The number of aromatic nitrogens is 2. The van der Waals surface area contributed by atoms with Gasteiger partial charge >= 0.3 is 5.97 Å². The average Bonchev–Trinajstić information content (AvgIpc) is 3.07. The summed E-state index contributed by atoms with van der Waals surface area (Å²) in [5.41, 5.74) is 1.34. The van der Waals surface area contributed by atoms with Gasteiger partial charge in [0, 0.05) is 11.9 Å². The molecular formula is C18H14FN3O3. The summed E-state index contributed by atoms with van der Waals surface area (Å²) < 4.78 is 15.0. The van der Waals surface area contributed by atoms with E-state index in [0.717, 1.165) is 0 Å². The minimum Gasteiger partial charge on any atom is -0.476 e. The zero-order valence-electron chi connectivity index (χ0n) is 13.0. The molecule has 1 heterocycles. The second-order valence-electron chi connectivity index (χ2n) is 5.32. The lowest BCUT2D eigenvalue weighted by Gasteiger charge is -2.08. The molecule has 3 aromatic rings. The first-order valence-electron chi connectivity index (χ1n) is 7.45. The molecule has 0 atom stereocenters. The standard InChI is InChI=1S/C18H14FN3O3/c19-15-7-2-1-4-12(15)10-17(23)20-13-5-3-6-14(11-13)22-9-8-16(21-22)18(24)25/h1-9,11H,10H2,(H,20,23)(H,24,25). The number of nitrogens with zero attached hydrogens (tertiary/aromatic N) is 2. The largest absolute Gasteiger partial charge is 0.476 e. The van der Waals surface area contributed by atoms with E-state index in [2.05, 4.69) is 10.4 Å². The third kappa shape index (κ3) is 3.89. The van der Waals surface area contributed by atoms with Crippen LogP contribution in [0, 0.1) is 5.82 Å². The Morgan fingerprint density at radius 3 is 2.64 bits per heavy atom. The van der Waals surface area contributed by atoms with E-state index in [-0.39, 0.29) is 18.0 Å². The quantitative estimate of drug-likeness (QED) is 0.748. The normalized spacial score (nSPS) is 10.4. The van der Waals surface area contributed by atoms with E-state index in [9.17, 15) is 14.0 Å². The Labute approximate surface area is 142 Å². The van der Waals surface area contributed by atoms with Crippen molar-refractivity contribution < 1.29 is 19.1 Å². The molecule has 25 heavy (non-hydrogen) atoms. The Morgan fingerprint density at radius 2 is 1.92 bits per heavy atom. The van der Waals surface area contributed by atoms with Gasteiger partial charge in [0.15, 0.2) is 5.69 Å². The topological polar surface area (TPSA) is 84.2 Å². The molecular weight excluding hydrogens is 325 g/mol. The monoisotopic (exact) mass is 339 g/mol. The lowest BCUT2D eigenvalue weighted by atomic mass is 10.1. The van der Waals surface area contributed by atoms with Crippen LogP contribution in [0.5, 0.6) is 0 Å². The minimum absolute atomic E-state index is 0.0750. The summed E-state index contributed by atoms with van der Waals surface area (Å²) in [4.78, 5) is 23.0. The fraction of sp³-hybridized carbons (Fsp3) is 0.0556. The van der Waals surface area contributed by atoms with Crippen molar-refractivity contribution in [3.05, 3.63) is 77.9 Å². The summed E-state index contributed by atoms with van der Waals surface area (Å²) in [6.45, 7) is 0. The summed E-state index contributed by atoms with van der Waals surface area (Å²) >= 11 is 0. The Hall–Kier alpha value is -3.48. The molecule has 2 N–H and O–H groups in total. The Kier molecular flexibility index (Phi) is 4.56. The molecule has 3 rings (SSSR count). The van der Waals surface area contributed by atoms with Gasteiger partial charge in [0.25, 0.3) is 0 Å². The van der Waals surface area contributed by atoms with Gasteiger partial charge in [-0.05, 0) is 35.9 Å². The van der Waals surface area contributed by atoms with Gasteiger partial charge in [0.1, 0.15) is 5.82 Å². The molecule has 1 amide bonds. The maximum Gasteiger partial charge on any atom is 0.356 e. The van der Waals surface area contributed by atoms with Crippen LogP contribution in [-0.2, 0) is 11.2 Å². The van der Waals surface area contributed by atoms with Crippen LogP contribution in [-0.4, -0.2) is 26.8 Å². The number of carboxylic acids is 1. The number of nitrogens with one attached hydrogen (secondary N) is 1. The summed E-state index contributed by atoms with van der Waals surface area (Å²) in [7, 11) is 0. The van der Waals surface area contributed by atoms with Crippen molar-refractivity contribution in [3.8, 4) is 5.69 Å². The first-order valence-corrected chi connectivity index (χ1v) is 7.45. The first-order chi connectivity index (χ1) is 12.0. The number of carboxylic acid groups (broad SMARTS) is 1. The number of anilines is 1. The zero-order chi connectivity index (χ0) is 17.8. The van der Waals surface area contributed by atoms with Crippen molar-refractivity contribution in [2.45, 2.75) is 6.42 Å². The van der Waals surface area contributed by atoms with Gasteiger partial charge in [-0.1, -0.05) is 24.3 Å². The highest BCUT2D eigenvalue weighted by molar-refractivity contribution is 5.92. The molecule has 6 nitrogen and oxygen atoms in total. The van der Waals surface area contributed by atoms with Gasteiger partial charge in [-0.2, -0.15) is 5.10 Å². The van der Waals surface area contributed by atoms with Gasteiger partial charge in [-0.3, -0.25) is 4.79 Å². The molecule has 0 bridgehead atoms. The molecule has 0 radical (unpaired) electrons. The second-order valence-corrected chi connectivity index (χ2v) is 5.32. The van der Waals surface area contributed by atoms with Gasteiger partial charge in [-0.15, -0.1) is 0 Å². The van der Waals surface area contributed by atoms with Crippen LogP contribution in [0.3, 0.4) is 0 Å². The summed E-state index contributed by atoms with van der Waals surface area (Å²) in [6, 6.07) is 14.2. The Morgan fingerprint density at radius 1 is 1.12 bits per heavy atom. The molecule has 0 unspecified atom stereocenters. The summed E-state index contributed by atoms with van der Waals surface area (Å²) in [6.07, 6.45) is 1.44. The van der Waals surface area contributed by atoms with E-state index in [1.54, 1.807) is 42.5 Å². The van der Waals surface area contributed by atoms with Gasteiger partial charge in [0.05, 0.1) is 12.1 Å². The molecule has 0 aliphatic rings. The van der Waals surface area contributed by atoms with Crippen LogP contribution in [0.1, 0.15) is 16.1 Å². The Bertz CT molecular complexity index is 937. The maximum absolute atomic E-state index is 13.6. The molecule has 126 valence electrons. The average molecular weight is 339 g/mol. The number of rotatable bonds is 5. The number of aromatic carboxylic acids is 1. The molecule has 0 aliphatic carbocycles. The third-order valence-electron chi connectivity index (χ3n) is 3.51. The predicted molar refractivity (Wildman–Crippen MR) is 89.3 cm³/mol. The predicted octanol–water partition coefficient (Wildman–Crippen LogP) is 2.89. The second kappa shape index (κ2) is 6.96. The van der Waals surface area contributed by atoms with Crippen LogP contribution >= 0.6 is 0 Å². The fourth-order valence-electron chi connectivity index (χ4n) is 2.33. The van der Waals surface area contributed by atoms with Crippen molar-refractivity contribution in [3.63, 3.8) is 0 Å². The van der Waals surface area contributed by atoms with Crippen LogP contribution in [0.4, 0.5) is 10.1 Å². The summed E-state index contributed by atoms with van der Waals surface area (Å²) in [5, 5.41) is 15.5. The van der Waals surface area contributed by atoms with E-state index in [1.807, 2.05) is 0 Å². The van der Waals surface area contributed by atoms with Crippen molar-refractivity contribution in [1.29, 1.82) is 0 Å². The molecule has 0 aliphatic heterocycles. The lowest BCUT2D eigenvalue weighted by molar-refractivity contribution is -0.115. The number of benzene rings is 2. The fourth-order valence-corrected chi connectivity index (χ4v) is 2.33. The van der Waals surface area contributed by atoms with Crippen LogP contribution in [0.15, 0.2) is 60.8 Å². The molecule has 0 saturated heterocycles. The first kappa shape index (κ1) is 16.4. The van der Waals surface area contributed by atoms with Gasteiger partial charge in [-0.25, -0.2) is 13.9 Å². The van der Waals surface area contributed by atoms with E-state index in [1.165, 1.54) is 23.0 Å². The number of hydrogen-bond donors (Lipinski definition) is 2. The lowest BCUT2D eigenvalue weighted by Crippen LogP contribution is -2.15. The highest BCUT2D eigenvalue weighted by Crippen LogP contribution is 2.16. The number of halogens is 1.